The normalized spacial score (nSPS) is 13.2. The van der Waals surface area contributed by atoms with Crippen LogP contribution >= 0.6 is 0 Å². The highest BCUT2D eigenvalue weighted by Crippen LogP contribution is 2.47. The smallest absolute Gasteiger partial charge is 0.119 e. The van der Waals surface area contributed by atoms with Gasteiger partial charge in [0.05, 0.1) is 0 Å². The molecule has 0 spiro atoms. The van der Waals surface area contributed by atoms with Crippen molar-refractivity contribution in [1.82, 2.24) is 0 Å². The van der Waals surface area contributed by atoms with Crippen molar-refractivity contribution in [2.24, 2.45) is 0 Å². The fourth-order valence-corrected chi connectivity index (χ4v) is 6.40. The van der Waals surface area contributed by atoms with Crippen molar-refractivity contribution in [3.8, 4) is 17.2 Å². The van der Waals surface area contributed by atoms with Gasteiger partial charge in [0.15, 0.2) is 0 Å². The Kier molecular flexibility index (Phi) is 8.51. The fraction of sp³-hybridized carbons (Fsp3) is 0.526. The van der Waals surface area contributed by atoms with Crippen LogP contribution in [0.3, 0.4) is 0 Å². The molecule has 3 aromatic carbocycles. The Balaban J connectivity index is 2.36. The highest BCUT2D eigenvalue weighted by molar-refractivity contribution is 5.54. The van der Waals surface area contributed by atoms with Crippen LogP contribution in [0.2, 0.25) is 0 Å². The number of hydrogen-bond donors (Lipinski definition) is 3. The minimum absolute atomic E-state index is 0.0136. The second kappa shape index (κ2) is 10.7. The van der Waals surface area contributed by atoms with Gasteiger partial charge in [-0.25, -0.2) is 0 Å². The molecule has 0 aliphatic heterocycles. The molecule has 0 unspecified atom stereocenters. The molecule has 0 amide bonds. The molecule has 3 N–H and O–H groups in total. The predicted molar refractivity (Wildman–Crippen MR) is 174 cm³/mol. The molecule has 0 saturated carbocycles. The monoisotopic (exact) mass is 558 g/mol. The Morgan fingerprint density at radius 1 is 0.463 bits per heavy atom. The van der Waals surface area contributed by atoms with Crippen LogP contribution in [0.1, 0.15) is 139 Å². The Morgan fingerprint density at radius 3 is 1.12 bits per heavy atom. The number of aromatic hydroxyl groups is 3. The average Bonchev–Trinajstić information content (AvgIpc) is 2.75. The molecular formula is C38H54O3. The second-order valence-electron chi connectivity index (χ2n) is 16.0. The van der Waals surface area contributed by atoms with Crippen molar-refractivity contribution in [3.63, 3.8) is 0 Å². The minimum Gasteiger partial charge on any atom is -0.508 e. The molecule has 0 aliphatic rings. The van der Waals surface area contributed by atoms with E-state index < -0.39 is 0 Å². The third-order valence-corrected chi connectivity index (χ3v) is 8.73. The molecule has 3 heteroatoms. The zero-order valence-electron chi connectivity index (χ0n) is 28.1. The summed E-state index contributed by atoms with van der Waals surface area (Å²) in [4.78, 5) is 0. The van der Waals surface area contributed by atoms with Crippen LogP contribution in [-0.2, 0) is 21.7 Å². The van der Waals surface area contributed by atoms with Crippen molar-refractivity contribution in [2.75, 3.05) is 0 Å². The summed E-state index contributed by atoms with van der Waals surface area (Å²) < 4.78 is 0. The molecule has 0 aromatic heterocycles. The SMILES string of the molecule is Cc1cc(O)c(C(C)(C)C)cc1C(CC(C)(C)c1cc(C(C)(C)C)c(O)cc1C)c1cc(C(C)(C)C)c(O)cc1C. The zero-order valence-corrected chi connectivity index (χ0v) is 28.1. The van der Waals surface area contributed by atoms with E-state index in [9.17, 15) is 15.3 Å². The third-order valence-electron chi connectivity index (χ3n) is 8.73. The predicted octanol–water partition coefficient (Wildman–Crippen LogP) is 10.1. The Bertz CT molecular complexity index is 1370. The summed E-state index contributed by atoms with van der Waals surface area (Å²) in [6, 6.07) is 12.4. The number of benzene rings is 3. The number of rotatable bonds is 5. The Morgan fingerprint density at radius 2 is 0.780 bits per heavy atom. The van der Waals surface area contributed by atoms with Crippen LogP contribution in [0, 0.1) is 20.8 Å². The van der Waals surface area contributed by atoms with E-state index in [1.807, 2.05) is 18.2 Å². The van der Waals surface area contributed by atoms with E-state index in [-0.39, 0.29) is 27.6 Å². The lowest BCUT2D eigenvalue weighted by Crippen LogP contribution is -2.25. The van der Waals surface area contributed by atoms with Gasteiger partial charge in [0.1, 0.15) is 17.2 Å². The first kappa shape index (κ1) is 32.6. The molecule has 41 heavy (non-hydrogen) atoms. The van der Waals surface area contributed by atoms with E-state index in [1.54, 1.807) is 0 Å². The molecule has 3 aromatic rings. The topological polar surface area (TPSA) is 60.7 Å². The Hall–Kier alpha value is -2.94. The number of aryl methyl sites for hydroxylation is 3. The maximum atomic E-state index is 11.0. The largest absolute Gasteiger partial charge is 0.508 e. The first-order chi connectivity index (χ1) is 18.4. The van der Waals surface area contributed by atoms with Crippen LogP contribution in [0.5, 0.6) is 17.2 Å². The first-order valence-corrected chi connectivity index (χ1v) is 15.0. The van der Waals surface area contributed by atoms with Crippen molar-refractivity contribution >= 4 is 0 Å². The van der Waals surface area contributed by atoms with Gasteiger partial charge in [-0.3, -0.25) is 0 Å². The number of phenolic OH excluding ortho intramolecular Hbond substituents is 3. The summed E-state index contributed by atoms with van der Waals surface area (Å²) in [5.74, 6) is 1.02. The van der Waals surface area contributed by atoms with Gasteiger partial charge in [-0.2, -0.15) is 0 Å². The van der Waals surface area contributed by atoms with E-state index in [4.69, 9.17) is 0 Å². The number of hydrogen-bond acceptors (Lipinski definition) is 3. The van der Waals surface area contributed by atoms with Gasteiger partial charge in [0, 0.05) is 5.92 Å². The Labute approximate surface area is 249 Å². The highest BCUT2D eigenvalue weighted by atomic mass is 16.3. The van der Waals surface area contributed by atoms with Crippen LogP contribution in [0.15, 0.2) is 36.4 Å². The van der Waals surface area contributed by atoms with Crippen molar-refractivity contribution in [2.45, 2.75) is 131 Å². The minimum atomic E-state index is -0.249. The molecule has 0 bridgehead atoms. The second-order valence-corrected chi connectivity index (χ2v) is 16.0. The van der Waals surface area contributed by atoms with Crippen LogP contribution in [-0.4, -0.2) is 15.3 Å². The highest BCUT2D eigenvalue weighted by Gasteiger charge is 2.34. The van der Waals surface area contributed by atoms with Gasteiger partial charge in [0.25, 0.3) is 0 Å². The molecule has 3 nitrogen and oxygen atoms in total. The molecule has 0 aliphatic carbocycles. The molecule has 0 fully saturated rings. The molecule has 0 atom stereocenters. The molecule has 0 heterocycles. The van der Waals surface area contributed by atoms with E-state index in [2.05, 4.69) is 115 Å². The summed E-state index contributed by atoms with van der Waals surface area (Å²) in [5.41, 5.74) is 8.75. The van der Waals surface area contributed by atoms with Gasteiger partial charge < -0.3 is 15.3 Å². The average molecular weight is 559 g/mol. The lowest BCUT2D eigenvalue weighted by atomic mass is 9.68. The standard InChI is InChI=1S/C38H54O3/c1-22-15-32(39)29(35(4,5)6)18-25(22)27(26-19-30(36(7,8)9)33(40)16-23(26)2)21-38(13,14)28-20-31(37(10,11)12)34(41)17-24(28)3/h15-20,27,39-41H,21H2,1-14H3. The lowest BCUT2D eigenvalue weighted by molar-refractivity contribution is 0.427. The molecular weight excluding hydrogens is 504 g/mol. The van der Waals surface area contributed by atoms with Crippen molar-refractivity contribution in [1.29, 1.82) is 0 Å². The fourth-order valence-electron chi connectivity index (χ4n) is 6.40. The van der Waals surface area contributed by atoms with Crippen molar-refractivity contribution in [3.05, 3.63) is 86.5 Å². The maximum Gasteiger partial charge on any atom is 0.119 e. The summed E-state index contributed by atoms with van der Waals surface area (Å²) >= 11 is 0. The van der Waals surface area contributed by atoms with E-state index in [0.717, 1.165) is 39.8 Å². The van der Waals surface area contributed by atoms with Gasteiger partial charge in [-0.15, -0.1) is 0 Å². The van der Waals surface area contributed by atoms with Crippen molar-refractivity contribution < 1.29 is 15.3 Å². The quantitative estimate of drug-likeness (QED) is 0.292. The zero-order chi connectivity index (χ0) is 31.5. The number of phenols is 3. The van der Waals surface area contributed by atoms with Gasteiger partial charge >= 0.3 is 0 Å². The third kappa shape index (κ3) is 6.76. The van der Waals surface area contributed by atoms with Gasteiger partial charge in [0.2, 0.25) is 0 Å². The van der Waals surface area contributed by atoms with Crippen LogP contribution in [0.4, 0.5) is 0 Å². The lowest BCUT2D eigenvalue weighted by Gasteiger charge is -2.36. The van der Waals surface area contributed by atoms with Crippen LogP contribution in [0.25, 0.3) is 0 Å². The van der Waals surface area contributed by atoms with E-state index in [0.29, 0.717) is 17.2 Å². The molecule has 0 radical (unpaired) electrons. The molecule has 0 saturated heterocycles. The summed E-state index contributed by atoms with van der Waals surface area (Å²) in [7, 11) is 0. The van der Waals surface area contributed by atoms with Gasteiger partial charge in [-0.1, -0.05) is 94.4 Å². The van der Waals surface area contributed by atoms with E-state index >= 15 is 0 Å². The van der Waals surface area contributed by atoms with E-state index in [1.165, 1.54) is 16.7 Å². The summed E-state index contributed by atoms with van der Waals surface area (Å²) in [6.45, 7) is 30.1. The molecule has 224 valence electrons. The molecule has 3 rings (SSSR count). The van der Waals surface area contributed by atoms with Crippen LogP contribution < -0.4 is 0 Å². The van der Waals surface area contributed by atoms with Gasteiger partial charge in [-0.05, 0) is 117 Å². The maximum absolute atomic E-state index is 11.0. The summed E-state index contributed by atoms with van der Waals surface area (Å²) in [6.07, 6.45) is 0.812. The summed E-state index contributed by atoms with van der Waals surface area (Å²) in [5, 5.41) is 32.8. The first-order valence-electron chi connectivity index (χ1n) is 15.0.